The Morgan fingerprint density at radius 1 is 1.32 bits per heavy atom. The number of rotatable bonds is 6. The van der Waals surface area contributed by atoms with E-state index in [1.807, 2.05) is 24.3 Å². The number of piperidine rings is 1. The zero-order valence-corrected chi connectivity index (χ0v) is 13.6. The molecule has 1 atom stereocenters. The molecule has 1 unspecified atom stereocenters. The fourth-order valence-corrected chi connectivity index (χ4v) is 2.60. The fraction of sp³-hybridized carbons (Fsp3) is 0.588. The fourth-order valence-electron chi connectivity index (χ4n) is 2.60. The van der Waals surface area contributed by atoms with E-state index in [1.54, 1.807) is 7.11 Å². The van der Waals surface area contributed by atoms with Gasteiger partial charge in [0.15, 0.2) is 5.96 Å². The van der Waals surface area contributed by atoms with Gasteiger partial charge in [-0.3, -0.25) is 0 Å². The number of guanidine groups is 1. The molecule has 5 heteroatoms. The molecule has 1 saturated heterocycles. The molecule has 1 aliphatic heterocycles. The molecule has 2 rings (SSSR count). The van der Waals surface area contributed by atoms with Crippen LogP contribution in [0.15, 0.2) is 29.3 Å². The molecule has 1 fully saturated rings. The van der Waals surface area contributed by atoms with Crippen LogP contribution in [-0.2, 0) is 11.3 Å². The lowest BCUT2D eigenvalue weighted by molar-refractivity contribution is 0.146. The summed E-state index contributed by atoms with van der Waals surface area (Å²) >= 11 is 0. The normalized spacial score (nSPS) is 19.3. The van der Waals surface area contributed by atoms with Gasteiger partial charge in [-0.05, 0) is 36.5 Å². The van der Waals surface area contributed by atoms with Crippen molar-refractivity contribution in [1.82, 2.24) is 4.90 Å². The molecule has 22 heavy (non-hydrogen) atoms. The minimum absolute atomic E-state index is 0.564. The van der Waals surface area contributed by atoms with Crippen LogP contribution >= 0.6 is 0 Å². The van der Waals surface area contributed by atoms with E-state index in [2.05, 4.69) is 16.8 Å². The number of methoxy groups -OCH3 is 1. The van der Waals surface area contributed by atoms with Crippen molar-refractivity contribution in [2.75, 3.05) is 33.4 Å². The van der Waals surface area contributed by atoms with Crippen molar-refractivity contribution < 1.29 is 9.47 Å². The first kappa shape index (κ1) is 16.6. The van der Waals surface area contributed by atoms with Gasteiger partial charge in [0.1, 0.15) is 12.4 Å². The molecular formula is C17H27N3O2. The van der Waals surface area contributed by atoms with Gasteiger partial charge in [-0.1, -0.05) is 19.1 Å². The standard InChI is InChI=1S/C17H27N3O2/c1-14-4-3-9-20(13-14)17(18)19-12-15-5-7-16(8-6-15)22-11-10-21-2/h5-8,14H,3-4,9-13H2,1-2H3,(H2,18,19). The predicted molar refractivity (Wildman–Crippen MR) is 89.1 cm³/mol. The third-order valence-electron chi connectivity index (χ3n) is 3.88. The van der Waals surface area contributed by atoms with E-state index < -0.39 is 0 Å². The minimum atomic E-state index is 0.564. The molecule has 122 valence electrons. The molecule has 0 radical (unpaired) electrons. The lowest BCUT2D eigenvalue weighted by Gasteiger charge is -2.31. The number of hydrogen-bond acceptors (Lipinski definition) is 3. The molecule has 1 aliphatic rings. The largest absolute Gasteiger partial charge is 0.491 e. The maximum absolute atomic E-state index is 6.11. The number of ether oxygens (including phenoxy) is 2. The summed E-state index contributed by atoms with van der Waals surface area (Å²) in [6.07, 6.45) is 2.49. The van der Waals surface area contributed by atoms with Gasteiger partial charge in [-0.25, -0.2) is 4.99 Å². The number of benzene rings is 1. The monoisotopic (exact) mass is 305 g/mol. The van der Waals surface area contributed by atoms with Crippen LogP contribution in [0.4, 0.5) is 0 Å². The molecule has 1 aromatic rings. The first-order chi connectivity index (χ1) is 10.7. The number of hydrogen-bond donors (Lipinski definition) is 1. The molecule has 5 nitrogen and oxygen atoms in total. The summed E-state index contributed by atoms with van der Waals surface area (Å²) in [6, 6.07) is 7.97. The van der Waals surface area contributed by atoms with E-state index in [0.717, 1.165) is 24.4 Å². The van der Waals surface area contributed by atoms with E-state index in [1.165, 1.54) is 12.8 Å². The molecular weight excluding hydrogens is 278 g/mol. The van der Waals surface area contributed by atoms with Crippen LogP contribution in [0.25, 0.3) is 0 Å². The second-order valence-electron chi connectivity index (χ2n) is 5.85. The summed E-state index contributed by atoms with van der Waals surface area (Å²) in [5.74, 6) is 2.21. The highest BCUT2D eigenvalue weighted by Gasteiger charge is 2.17. The number of nitrogens with two attached hydrogens (primary N) is 1. The Morgan fingerprint density at radius 3 is 2.77 bits per heavy atom. The molecule has 0 amide bonds. The second kappa shape index (κ2) is 8.63. The van der Waals surface area contributed by atoms with Crippen LogP contribution < -0.4 is 10.5 Å². The van der Waals surface area contributed by atoms with Gasteiger partial charge in [-0.15, -0.1) is 0 Å². The molecule has 0 spiro atoms. The number of likely N-dealkylation sites (tertiary alicyclic amines) is 1. The quantitative estimate of drug-likeness (QED) is 0.497. The third-order valence-corrected chi connectivity index (χ3v) is 3.88. The van der Waals surface area contributed by atoms with Gasteiger partial charge in [0, 0.05) is 20.2 Å². The minimum Gasteiger partial charge on any atom is -0.491 e. The summed E-state index contributed by atoms with van der Waals surface area (Å²) in [7, 11) is 1.66. The molecule has 0 bridgehead atoms. The van der Waals surface area contributed by atoms with Crippen molar-refractivity contribution in [3.63, 3.8) is 0 Å². The highest BCUT2D eigenvalue weighted by molar-refractivity contribution is 5.78. The zero-order valence-electron chi connectivity index (χ0n) is 13.6. The summed E-state index contributed by atoms with van der Waals surface area (Å²) in [5.41, 5.74) is 7.24. The van der Waals surface area contributed by atoms with Crippen molar-refractivity contribution >= 4 is 5.96 Å². The van der Waals surface area contributed by atoms with Crippen molar-refractivity contribution in [2.45, 2.75) is 26.3 Å². The summed E-state index contributed by atoms with van der Waals surface area (Å²) in [6.45, 7) is 6.06. The van der Waals surface area contributed by atoms with E-state index in [9.17, 15) is 0 Å². The molecule has 0 saturated carbocycles. The van der Waals surface area contributed by atoms with Gasteiger partial charge < -0.3 is 20.1 Å². The lowest BCUT2D eigenvalue weighted by Crippen LogP contribution is -2.43. The summed E-state index contributed by atoms with van der Waals surface area (Å²) in [4.78, 5) is 6.71. The Kier molecular flexibility index (Phi) is 6.52. The topological polar surface area (TPSA) is 60.1 Å². The molecule has 2 N–H and O–H groups in total. The predicted octanol–water partition coefficient (Wildman–Crippen LogP) is 2.26. The Bertz CT molecular complexity index is 473. The lowest BCUT2D eigenvalue weighted by atomic mass is 10.0. The number of aliphatic imine (C=N–C) groups is 1. The Morgan fingerprint density at radius 2 is 2.09 bits per heavy atom. The van der Waals surface area contributed by atoms with Crippen LogP contribution in [0.2, 0.25) is 0 Å². The van der Waals surface area contributed by atoms with Crippen molar-refractivity contribution in [1.29, 1.82) is 0 Å². The average molecular weight is 305 g/mol. The van der Waals surface area contributed by atoms with E-state index in [4.69, 9.17) is 15.2 Å². The summed E-state index contributed by atoms with van der Waals surface area (Å²) < 4.78 is 10.5. The zero-order chi connectivity index (χ0) is 15.8. The second-order valence-corrected chi connectivity index (χ2v) is 5.85. The Balaban J connectivity index is 1.83. The highest BCUT2D eigenvalue weighted by Crippen LogP contribution is 2.16. The van der Waals surface area contributed by atoms with Crippen LogP contribution in [0.5, 0.6) is 5.75 Å². The van der Waals surface area contributed by atoms with Gasteiger partial charge in [0.25, 0.3) is 0 Å². The Hall–Kier alpha value is -1.75. The highest BCUT2D eigenvalue weighted by atomic mass is 16.5. The average Bonchev–Trinajstić information content (AvgIpc) is 2.54. The van der Waals surface area contributed by atoms with Crippen molar-refractivity contribution in [3.05, 3.63) is 29.8 Å². The van der Waals surface area contributed by atoms with Gasteiger partial charge in [-0.2, -0.15) is 0 Å². The van der Waals surface area contributed by atoms with Crippen LogP contribution in [-0.4, -0.2) is 44.3 Å². The smallest absolute Gasteiger partial charge is 0.191 e. The van der Waals surface area contributed by atoms with Gasteiger partial charge in [0.2, 0.25) is 0 Å². The van der Waals surface area contributed by atoms with Crippen LogP contribution in [0.3, 0.4) is 0 Å². The summed E-state index contributed by atoms with van der Waals surface area (Å²) in [5, 5.41) is 0. The van der Waals surface area contributed by atoms with E-state index >= 15 is 0 Å². The van der Waals surface area contributed by atoms with E-state index in [0.29, 0.717) is 31.6 Å². The van der Waals surface area contributed by atoms with Gasteiger partial charge >= 0.3 is 0 Å². The molecule has 0 aliphatic carbocycles. The first-order valence-corrected chi connectivity index (χ1v) is 7.94. The SMILES string of the molecule is COCCOc1ccc(CN=C(N)N2CCCC(C)C2)cc1. The molecule has 0 aromatic heterocycles. The van der Waals surface area contributed by atoms with Crippen LogP contribution in [0, 0.1) is 5.92 Å². The Labute approximate surface area is 133 Å². The van der Waals surface area contributed by atoms with Crippen LogP contribution in [0.1, 0.15) is 25.3 Å². The maximum Gasteiger partial charge on any atom is 0.191 e. The van der Waals surface area contributed by atoms with Gasteiger partial charge in [0.05, 0.1) is 13.2 Å². The number of nitrogens with zero attached hydrogens (tertiary/aromatic N) is 2. The van der Waals surface area contributed by atoms with Crippen molar-refractivity contribution in [3.8, 4) is 5.75 Å². The maximum atomic E-state index is 6.11. The molecule has 1 heterocycles. The molecule has 1 aromatic carbocycles. The first-order valence-electron chi connectivity index (χ1n) is 7.94. The van der Waals surface area contributed by atoms with E-state index in [-0.39, 0.29) is 0 Å². The van der Waals surface area contributed by atoms with Crippen molar-refractivity contribution in [2.24, 2.45) is 16.6 Å². The third kappa shape index (κ3) is 5.22.